The van der Waals surface area contributed by atoms with Crippen molar-refractivity contribution in [1.82, 2.24) is 14.8 Å². The summed E-state index contributed by atoms with van der Waals surface area (Å²) in [4.78, 5) is 44.7. The van der Waals surface area contributed by atoms with Gasteiger partial charge in [-0.15, -0.1) is 0 Å². The summed E-state index contributed by atoms with van der Waals surface area (Å²) in [6, 6.07) is 5.86. The van der Waals surface area contributed by atoms with Crippen molar-refractivity contribution in [2.24, 2.45) is 0 Å². The minimum atomic E-state index is -0.436. The first-order valence-electron chi connectivity index (χ1n) is 10.9. The Morgan fingerprint density at radius 3 is 2.38 bits per heavy atom. The molecular formula is C24H32N4O4. The predicted molar refractivity (Wildman–Crippen MR) is 123 cm³/mol. The zero-order valence-corrected chi connectivity index (χ0v) is 19.5. The molecule has 2 N–H and O–H groups in total. The number of aromatic nitrogens is 1. The van der Waals surface area contributed by atoms with Crippen LogP contribution in [0.1, 0.15) is 50.2 Å². The average Bonchev–Trinajstić information content (AvgIpc) is 3.12. The van der Waals surface area contributed by atoms with Gasteiger partial charge in [0, 0.05) is 37.6 Å². The van der Waals surface area contributed by atoms with Crippen LogP contribution in [-0.2, 0) is 16.0 Å². The largest absolute Gasteiger partial charge is 0.465 e. The third-order valence-electron chi connectivity index (χ3n) is 6.19. The molecule has 1 aromatic heterocycles. The van der Waals surface area contributed by atoms with Crippen molar-refractivity contribution in [3.63, 3.8) is 0 Å². The number of carbonyl (C=O) groups is 3. The van der Waals surface area contributed by atoms with Crippen LogP contribution in [0.2, 0.25) is 0 Å². The molecule has 8 nitrogen and oxygen atoms in total. The van der Waals surface area contributed by atoms with Crippen LogP contribution in [0.15, 0.2) is 18.2 Å². The van der Waals surface area contributed by atoms with Crippen LogP contribution in [0, 0.1) is 20.8 Å². The zero-order chi connectivity index (χ0) is 23.4. The maximum absolute atomic E-state index is 13.1. The Kier molecular flexibility index (Phi) is 7.35. The summed E-state index contributed by atoms with van der Waals surface area (Å²) in [5.74, 6) is -0.629. The number of aryl methyl sites for hydroxylation is 2. The highest BCUT2D eigenvalue weighted by atomic mass is 16.5. The Morgan fingerprint density at radius 1 is 1.06 bits per heavy atom. The second-order valence-corrected chi connectivity index (χ2v) is 8.19. The lowest BCUT2D eigenvalue weighted by Gasteiger charge is -2.34. The number of methoxy groups -OCH3 is 1. The second-order valence-electron chi connectivity index (χ2n) is 8.19. The lowest BCUT2D eigenvalue weighted by Crippen LogP contribution is -2.50. The summed E-state index contributed by atoms with van der Waals surface area (Å²) in [7, 11) is 1.34. The van der Waals surface area contributed by atoms with Crippen LogP contribution >= 0.6 is 0 Å². The van der Waals surface area contributed by atoms with Crippen molar-refractivity contribution in [3.05, 3.63) is 51.8 Å². The lowest BCUT2D eigenvalue weighted by atomic mass is 10.1. The maximum Gasteiger partial charge on any atom is 0.339 e. The first-order chi connectivity index (χ1) is 15.3. The number of nitrogens with zero attached hydrogens (tertiary/aromatic N) is 2. The Hall–Kier alpha value is -3.13. The standard InChI is InChI=1S/C24H32N4O4/c1-6-18-21(24(31)32-5)17(4)22(26-18)23(30)28-12-10-27(11-13-28)14-20(29)25-19-9-7-8-15(2)16(19)3/h7-9,26H,6,10-14H2,1-5H3,(H,25,29). The van der Waals surface area contributed by atoms with Gasteiger partial charge in [-0.05, 0) is 49.9 Å². The van der Waals surface area contributed by atoms with Gasteiger partial charge < -0.3 is 19.9 Å². The number of ether oxygens (including phenoxy) is 1. The van der Waals surface area contributed by atoms with Gasteiger partial charge in [0.15, 0.2) is 0 Å². The predicted octanol–water partition coefficient (Wildman–Crippen LogP) is 2.69. The van der Waals surface area contributed by atoms with Gasteiger partial charge in [-0.3, -0.25) is 14.5 Å². The minimum absolute atomic E-state index is 0.0611. The zero-order valence-electron chi connectivity index (χ0n) is 19.5. The third-order valence-corrected chi connectivity index (χ3v) is 6.19. The van der Waals surface area contributed by atoms with Crippen molar-refractivity contribution in [2.75, 3.05) is 45.2 Å². The molecule has 2 amide bonds. The molecule has 1 aliphatic heterocycles. The number of nitrogens with one attached hydrogen (secondary N) is 2. The van der Waals surface area contributed by atoms with Crippen molar-refractivity contribution >= 4 is 23.5 Å². The van der Waals surface area contributed by atoms with Gasteiger partial charge in [-0.2, -0.15) is 0 Å². The van der Waals surface area contributed by atoms with Crippen molar-refractivity contribution in [2.45, 2.75) is 34.1 Å². The number of piperazine rings is 1. The Labute approximate surface area is 188 Å². The summed E-state index contributed by atoms with van der Waals surface area (Å²) in [6.45, 7) is 10.2. The van der Waals surface area contributed by atoms with Gasteiger partial charge in [-0.1, -0.05) is 19.1 Å². The first-order valence-corrected chi connectivity index (χ1v) is 10.9. The van der Waals surface area contributed by atoms with Gasteiger partial charge in [0.05, 0.1) is 19.2 Å². The van der Waals surface area contributed by atoms with Gasteiger partial charge in [-0.25, -0.2) is 4.79 Å². The number of carbonyl (C=O) groups excluding carboxylic acids is 3. The van der Waals surface area contributed by atoms with E-state index in [0.29, 0.717) is 55.1 Å². The average molecular weight is 441 g/mol. The van der Waals surface area contributed by atoms with E-state index < -0.39 is 5.97 Å². The molecule has 1 saturated heterocycles. The molecule has 0 aliphatic carbocycles. The van der Waals surface area contributed by atoms with E-state index >= 15 is 0 Å². The number of anilines is 1. The second kappa shape index (κ2) is 9.99. The van der Waals surface area contributed by atoms with E-state index in [1.54, 1.807) is 11.8 Å². The molecule has 0 spiro atoms. The number of aromatic amines is 1. The molecule has 1 aliphatic rings. The van der Waals surface area contributed by atoms with E-state index in [4.69, 9.17) is 4.74 Å². The molecule has 1 aromatic carbocycles. The molecule has 172 valence electrons. The van der Waals surface area contributed by atoms with Gasteiger partial charge in [0.25, 0.3) is 5.91 Å². The van der Waals surface area contributed by atoms with Crippen LogP contribution in [0.5, 0.6) is 0 Å². The number of hydrogen-bond acceptors (Lipinski definition) is 5. The molecule has 0 atom stereocenters. The molecule has 2 aromatic rings. The molecule has 2 heterocycles. The van der Waals surface area contributed by atoms with E-state index in [2.05, 4.69) is 10.3 Å². The number of rotatable bonds is 6. The fourth-order valence-electron chi connectivity index (χ4n) is 4.06. The molecule has 0 unspecified atom stereocenters. The number of hydrogen-bond donors (Lipinski definition) is 2. The number of H-pyrrole nitrogens is 1. The fraction of sp³-hybridized carbons (Fsp3) is 0.458. The number of amides is 2. The van der Waals surface area contributed by atoms with Crippen molar-refractivity contribution < 1.29 is 19.1 Å². The summed E-state index contributed by atoms with van der Waals surface area (Å²) < 4.78 is 4.88. The Bertz CT molecular complexity index is 1020. The molecule has 32 heavy (non-hydrogen) atoms. The van der Waals surface area contributed by atoms with Crippen LogP contribution in [-0.4, -0.2) is 72.4 Å². The molecule has 3 rings (SSSR count). The van der Waals surface area contributed by atoms with Crippen LogP contribution < -0.4 is 5.32 Å². The highest BCUT2D eigenvalue weighted by molar-refractivity contribution is 6.00. The van der Waals surface area contributed by atoms with Gasteiger partial charge in [0.2, 0.25) is 5.91 Å². The summed E-state index contributed by atoms with van der Waals surface area (Å²) in [5.41, 5.74) is 5.24. The van der Waals surface area contributed by atoms with Crippen molar-refractivity contribution in [3.8, 4) is 0 Å². The smallest absolute Gasteiger partial charge is 0.339 e. The molecular weight excluding hydrogens is 408 g/mol. The molecule has 0 saturated carbocycles. The van der Waals surface area contributed by atoms with Crippen LogP contribution in [0.4, 0.5) is 5.69 Å². The van der Waals surface area contributed by atoms with E-state index in [1.807, 2.05) is 43.9 Å². The highest BCUT2D eigenvalue weighted by Gasteiger charge is 2.29. The van der Waals surface area contributed by atoms with Crippen molar-refractivity contribution in [1.29, 1.82) is 0 Å². The van der Waals surface area contributed by atoms with Gasteiger partial charge in [0.1, 0.15) is 5.69 Å². The lowest BCUT2D eigenvalue weighted by molar-refractivity contribution is -0.117. The van der Waals surface area contributed by atoms with E-state index in [1.165, 1.54) is 7.11 Å². The molecule has 8 heteroatoms. The summed E-state index contributed by atoms with van der Waals surface area (Å²) in [5, 5.41) is 2.99. The molecule has 1 fully saturated rings. The summed E-state index contributed by atoms with van der Waals surface area (Å²) in [6.07, 6.45) is 0.599. The fourth-order valence-corrected chi connectivity index (χ4v) is 4.06. The maximum atomic E-state index is 13.1. The quantitative estimate of drug-likeness (QED) is 0.674. The third kappa shape index (κ3) is 4.85. The minimum Gasteiger partial charge on any atom is -0.465 e. The van der Waals surface area contributed by atoms with Gasteiger partial charge >= 0.3 is 5.97 Å². The van der Waals surface area contributed by atoms with Crippen LogP contribution in [0.3, 0.4) is 0 Å². The number of esters is 1. The SMILES string of the molecule is CCc1[nH]c(C(=O)N2CCN(CC(=O)Nc3cccc(C)c3C)CC2)c(C)c1C(=O)OC. The van der Waals surface area contributed by atoms with Crippen LogP contribution in [0.25, 0.3) is 0 Å². The monoisotopic (exact) mass is 440 g/mol. The highest BCUT2D eigenvalue weighted by Crippen LogP contribution is 2.22. The molecule has 0 bridgehead atoms. The molecule has 0 radical (unpaired) electrons. The van der Waals surface area contributed by atoms with E-state index in [0.717, 1.165) is 16.8 Å². The normalized spacial score (nSPS) is 14.3. The number of benzene rings is 1. The Balaban J connectivity index is 1.59. The topological polar surface area (TPSA) is 94.7 Å². The van der Waals surface area contributed by atoms with E-state index in [-0.39, 0.29) is 18.4 Å². The van der Waals surface area contributed by atoms with E-state index in [9.17, 15) is 14.4 Å². The Morgan fingerprint density at radius 2 is 1.75 bits per heavy atom. The summed E-state index contributed by atoms with van der Waals surface area (Å²) >= 11 is 0. The first kappa shape index (κ1) is 23.5.